The van der Waals surface area contributed by atoms with Crippen LogP contribution in [-0.2, 0) is 0 Å². The molecule has 0 saturated heterocycles. The molecule has 0 unspecified atom stereocenters. The van der Waals surface area contributed by atoms with Gasteiger partial charge in [-0.15, -0.1) is 0 Å². The van der Waals surface area contributed by atoms with E-state index in [0.29, 0.717) is 11.3 Å². The van der Waals surface area contributed by atoms with Gasteiger partial charge in [-0.25, -0.2) is 0 Å². The number of fused-ring (bicyclic) bond motifs is 1. The summed E-state index contributed by atoms with van der Waals surface area (Å²) in [4.78, 5) is 0. The number of aromatic nitrogens is 2. The highest BCUT2D eigenvalue weighted by Gasteiger charge is 2.22. The van der Waals surface area contributed by atoms with E-state index in [1.807, 2.05) is 36.4 Å². The van der Waals surface area contributed by atoms with Gasteiger partial charge in [0.15, 0.2) is 0 Å². The fourth-order valence-electron chi connectivity index (χ4n) is 2.93. The van der Waals surface area contributed by atoms with E-state index in [1.165, 1.54) is 0 Å². The molecule has 4 N–H and O–H groups in total. The first-order valence-electron chi connectivity index (χ1n) is 8.24. The third-order valence-corrected chi connectivity index (χ3v) is 4.18. The Kier molecular flexibility index (Phi) is 4.17. The molecule has 0 aliphatic carbocycles. The van der Waals surface area contributed by atoms with Crippen LogP contribution in [0.25, 0.3) is 11.3 Å². The number of aliphatic hydroxyl groups excluding tert-OH is 1. The zero-order valence-electron chi connectivity index (χ0n) is 13.9. The molecule has 1 aliphatic heterocycles. The molecule has 0 amide bonds. The summed E-state index contributed by atoms with van der Waals surface area (Å²) >= 11 is 0. The number of hydrogen-bond donors (Lipinski definition) is 4. The summed E-state index contributed by atoms with van der Waals surface area (Å²) in [6, 6.07) is 17.4. The predicted molar refractivity (Wildman–Crippen MR) is 97.7 cm³/mol. The van der Waals surface area contributed by atoms with Crippen LogP contribution in [0.4, 0.5) is 11.4 Å². The molecule has 26 heavy (non-hydrogen) atoms. The Labute approximate surface area is 150 Å². The van der Waals surface area contributed by atoms with Crippen LogP contribution in [0.15, 0.2) is 48.5 Å². The Morgan fingerprint density at radius 1 is 1.12 bits per heavy atom. The summed E-state index contributed by atoms with van der Waals surface area (Å²) in [6.07, 6.45) is -0.0868. The van der Waals surface area contributed by atoms with Crippen molar-refractivity contribution in [2.24, 2.45) is 0 Å². The molecule has 1 aromatic heterocycles. The van der Waals surface area contributed by atoms with Crippen molar-refractivity contribution < 1.29 is 9.84 Å². The van der Waals surface area contributed by atoms with Gasteiger partial charge in [0, 0.05) is 5.56 Å². The lowest BCUT2D eigenvalue weighted by Gasteiger charge is -2.09. The van der Waals surface area contributed by atoms with Crippen LogP contribution in [-0.4, -0.2) is 28.5 Å². The third kappa shape index (κ3) is 2.94. The zero-order chi connectivity index (χ0) is 17.9. The number of hydrogen-bond acceptors (Lipinski definition) is 6. The van der Waals surface area contributed by atoms with Crippen molar-refractivity contribution in [2.45, 2.75) is 6.17 Å². The van der Waals surface area contributed by atoms with Gasteiger partial charge >= 0.3 is 0 Å². The highest BCUT2D eigenvalue weighted by Crippen LogP contribution is 2.35. The lowest BCUT2D eigenvalue weighted by Crippen LogP contribution is -2.12. The fraction of sp³-hybridized carbons (Fsp3) is 0.158. The first kappa shape index (κ1) is 16.0. The third-order valence-electron chi connectivity index (χ3n) is 4.18. The molecule has 0 bridgehead atoms. The van der Waals surface area contributed by atoms with Gasteiger partial charge in [0.25, 0.3) is 0 Å². The van der Waals surface area contributed by atoms with E-state index in [1.54, 1.807) is 12.1 Å². The molecular weight excluding hydrogens is 330 g/mol. The number of nitriles is 1. The maximum absolute atomic E-state index is 9.33. The van der Waals surface area contributed by atoms with Gasteiger partial charge in [0.05, 0.1) is 34.9 Å². The average Bonchev–Trinajstić information content (AvgIpc) is 3.33. The van der Waals surface area contributed by atoms with Crippen LogP contribution in [0.2, 0.25) is 0 Å². The molecule has 7 nitrogen and oxygen atoms in total. The van der Waals surface area contributed by atoms with Crippen LogP contribution in [0.1, 0.15) is 17.4 Å². The Morgan fingerprint density at radius 2 is 1.88 bits per heavy atom. The largest absolute Gasteiger partial charge is 0.490 e. The summed E-state index contributed by atoms with van der Waals surface area (Å²) in [7, 11) is 0. The molecule has 130 valence electrons. The Hall–Kier alpha value is -3.50. The normalized spacial score (nSPS) is 12.8. The first-order valence-corrected chi connectivity index (χ1v) is 8.24. The zero-order valence-corrected chi connectivity index (χ0v) is 13.9. The lowest BCUT2D eigenvalue weighted by atomic mass is 10.1. The van der Waals surface area contributed by atoms with Crippen molar-refractivity contribution in [3.05, 3.63) is 59.8 Å². The second kappa shape index (κ2) is 6.78. The second-order valence-corrected chi connectivity index (χ2v) is 5.87. The monoisotopic (exact) mass is 347 g/mol. The molecule has 0 fully saturated rings. The number of ether oxygens (including phenoxy) is 1. The second-order valence-electron chi connectivity index (χ2n) is 5.87. The Morgan fingerprint density at radius 3 is 2.58 bits per heavy atom. The van der Waals surface area contributed by atoms with Crippen molar-refractivity contribution in [3.63, 3.8) is 0 Å². The summed E-state index contributed by atoms with van der Waals surface area (Å²) in [6.45, 7) is 0.0548. The quantitative estimate of drug-likeness (QED) is 0.565. The lowest BCUT2D eigenvalue weighted by molar-refractivity contribution is 0.201. The number of anilines is 2. The maximum Gasteiger partial charge on any atom is 0.140 e. The van der Waals surface area contributed by atoms with Gasteiger partial charge in [0.2, 0.25) is 0 Å². The SMILES string of the molecule is N#Cc1cc(-c2cc(C3Nc4ccccc4N3)[nH]n2)ccc1OCCO. The maximum atomic E-state index is 9.33. The minimum absolute atomic E-state index is 0.0868. The van der Waals surface area contributed by atoms with Crippen molar-refractivity contribution in [1.29, 1.82) is 5.26 Å². The Bertz CT molecular complexity index is 951. The molecule has 0 saturated carbocycles. The van der Waals surface area contributed by atoms with Gasteiger partial charge in [-0.05, 0) is 36.4 Å². The molecule has 1 aliphatic rings. The minimum Gasteiger partial charge on any atom is -0.490 e. The van der Waals surface area contributed by atoms with Gasteiger partial charge in [0.1, 0.15) is 24.6 Å². The molecule has 4 rings (SSSR count). The van der Waals surface area contributed by atoms with Gasteiger partial charge in [-0.1, -0.05) is 12.1 Å². The van der Waals surface area contributed by atoms with E-state index in [-0.39, 0.29) is 19.4 Å². The van der Waals surface area contributed by atoms with E-state index in [9.17, 15) is 5.26 Å². The highest BCUT2D eigenvalue weighted by molar-refractivity contribution is 5.75. The summed E-state index contributed by atoms with van der Waals surface area (Å²) in [5, 5.41) is 32.4. The van der Waals surface area contributed by atoms with Crippen LogP contribution in [0, 0.1) is 11.3 Å². The van der Waals surface area contributed by atoms with Crippen LogP contribution in [0.3, 0.4) is 0 Å². The fourth-order valence-corrected chi connectivity index (χ4v) is 2.93. The molecule has 7 heteroatoms. The smallest absolute Gasteiger partial charge is 0.140 e. The minimum atomic E-state index is -0.0981. The Balaban J connectivity index is 1.56. The van der Waals surface area contributed by atoms with Crippen LogP contribution in [0.5, 0.6) is 5.75 Å². The number of nitrogens with zero attached hydrogens (tertiary/aromatic N) is 2. The molecule has 2 heterocycles. The highest BCUT2D eigenvalue weighted by atomic mass is 16.5. The first-order chi connectivity index (χ1) is 12.8. The number of aromatic amines is 1. The molecule has 3 aromatic rings. The number of rotatable bonds is 5. The molecule has 0 radical (unpaired) electrons. The van der Waals surface area contributed by atoms with Crippen molar-refractivity contribution >= 4 is 11.4 Å². The van der Waals surface area contributed by atoms with Crippen molar-refractivity contribution in [2.75, 3.05) is 23.8 Å². The molecule has 0 atom stereocenters. The van der Waals surface area contributed by atoms with Gasteiger partial charge in [-0.3, -0.25) is 5.10 Å². The predicted octanol–water partition coefficient (Wildman–Crippen LogP) is 2.86. The van der Waals surface area contributed by atoms with Gasteiger partial charge in [-0.2, -0.15) is 10.4 Å². The van der Waals surface area contributed by atoms with Gasteiger partial charge < -0.3 is 20.5 Å². The van der Waals surface area contributed by atoms with Crippen molar-refractivity contribution in [1.82, 2.24) is 10.2 Å². The summed E-state index contributed by atoms with van der Waals surface area (Å²) in [5.41, 5.74) is 4.96. The van der Waals surface area contributed by atoms with Crippen molar-refractivity contribution in [3.8, 4) is 23.1 Å². The van der Waals surface area contributed by atoms with Crippen LogP contribution < -0.4 is 15.4 Å². The molecular formula is C19H17N5O2. The number of para-hydroxylation sites is 2. The summed E-state index contributed by atoms with van der Waals surface area (Å²) < 4.78 is 5.37. The van der Waals surface area contributed by atoms with E-state index in [0.717, 1.165) is 28.3 Å². The number of aliphatic hydroxyl groups is 1. The average molecular weight is 347 g/mol. The van der Waals surface area contributed by atoms with E-state index >= 15 is 0 Å². The number of nitrogens with one attached hydrogen (secondary N) is 3. The topological polar surface area (TPSA) is 106 Å². The standard InChI is InChI=1S/C19H17N5O2/c20-11-13-9-12(5-6-18(13)26-8-7-25)16-10-17(24-23-16)19-21-14-3-1-2-4-15(14)22-19/h1-6,9-10,19,21-22,25H,7-8H2,(H,23,24). The molecule has 2 aromatic carbocycles. The van der Waals surface area contributed by atoms with E-state index < -0.39 is 0 Å². The van der Waals surface area contributed by atoms with Crippen LogP contribution >= 0.6 is 0 Å². The molecule has 0 spiro atoms. The van der Waals surface area contributed by atoms with E-state index in [2.05, 4.69) is 26.9 Å². The number of benzene rings is 2. The summed E-state index contributed by atoms with van der Waals surface area (Å²) in [5.74, 6) is 0.454. The van der Waals surface area contributed by atoms with E-state index in [4.69, 9.17) is 9.84 Å². The number of H-pyrrole nitrogens is 1.